The molecule has 0 aliphatic rings. The number of amides is 1. The second-order valence-corrected chi connectivity index (χ2v) is 8.54. The Kier molecular flexibility index (Phi) is 7.52. The molecule has 35 heavy (non-hydrogen) atoms. The number of methoxy groups -OCH3 is 4. The molecule has 8 heteroatoms. The minimum Gasteiger partial charge on any atom is -0.497 e. The van der Waals surface area contributed by atoms with E-state index in [4.69, 9.17) is 23.9 Å². The van der Waals surface area contributed by atoms with Crippen LogP contribution in [0.1, 0.15) is 11.1 Å². The molecular formula is C27H26N2O5S. The molecule has 0 aliphatic heterocycles. The lowest BCUT2D eigenvalue weighted by molar-refractivity contribution is -0.114. The largest absolute Gasteiger partial charge is 0.497 e. The molecule has 1 heterocycles. The minimum atomic E-state index is -0.200. The fraction of sp³-hybridized carbons (Fsp3) is 0.185. The summed E-state index contributed by atoms with van der Waals surface area (Å²) in [6.45, 7) is 0.385. The monoisotopic (exact) mass is 490 g/mol. The van der Waals surface area contributed by atoms with Crippen molar-refractivity contribution >= 4 is 38.7 Å². The zero-order chi connectivity index (χ0) is 24.8. The van der Waals surface area contributed by atoms with E-state index in [1.54, 1.807) is 51.5 Å². The van der Waals surface area contributed by atoms with Crippen LogP contribution in [0, 0.1) is 0 Å². The summed E-state index contributed by atoms with van der Waals surface area (Å²) in [4.78, 5) is 19.8. The number of benzene rings is 3. The Hall–Kier alpha value is -4.04. The molecule has 180 valence electrons. The summed E-state index contributed by atoms with van der Waals surface area (Å²) in [7, 11) is 6.28. The molecule has 0 saturated heterocycles. The number of thiazole rings is 1. The Balaban J connectivity index is 1.68. The van der Waals surface area contributed by atoms with Gasteiger partial charge in [0, 0.05) is 12.1 Å². The van der Waals surface area contributed by atoms with E-state index in [1.807, 2.05) is 48.5 Å². The SMILES string of the molecule is COc1ccc2sc(N(Cc3ccccc3)C(=O)/C=C/c3cc(OC)c(OC)c(OC)c3)nc2c1. The number of anilines is 1. The summed E-state index contributed by atoms with van der Waals surface area (Å²) in [6, 6.07) is 19.1. The van der Waals surface area contributed by atoms with Gasteiger partial charge in [0.15, 0.2) is 16.6 Å². The number of nitrogens with zero attached hydrogens (tertiary/aromatic N) is 2. The zero-order valence-corrected chi connectivity index (χ0v) is 20.8. The first-order valence-electron chi connectivity index (χ1n) is 10.8. The van der Waals surface area contributed by atoms with Crippen molar-refractivity contribution in [3.8, 4) is 23.0 Å². The van der Waals surface area contributed by atoms with Gasteiger partial charge in [-0.3, -0.25) is 9.69 Å². The molecule has 3 aromatic carbocycles. The van der Waals surface area contributed by atoms with E-state index < -0.39 is 0 Å². The summed E-state index contributed by atoms with van der Waals surface area (Å²) < 4.78 is 22.5. The Morgan fingerprint density at radius 1 is 0.914 bits per heavy atom. The number of fused-ring (bicyclic) bond motifs is 1. The number of hydrogen-bond donors (Lipinski definition) is 0. The van der Waals surface area contributed by atoms with E-state index in [-0.39, 0.29) is 5.91 Å². The average molecular weight is 491 g/mol. The van der Waals surface area contributed by atoms with E-state index in [0.29, 0.717) is 28.9 Å². The number of rotatable bonds is 9. The van der Waals surface area contributed by atoms with Gasteiger partial charge in [0.2, 0.25) is 5.75 Å². The highest BCUT2D eigenvalue weighted by Crippen LogP contribution is 2.38. The van der Waals surface area contributed by atoms with Crippen molar-refractivity contribution in [2.45, 2.75) is 6.54 Å². The van der Waals surface area contributed by atoms with Crippen molar-refractivity contribution in [2.24, 2.45) is 0 Å². The van der Waals surface area contributed by atoms with Crippen molar-refractivity contribution in [1.29, 1.82) is 0 Å². The van der Waals surface area contributed by atoms with Crippen LogP contribution in [0.2, 0.25) is 0 Å². The van der Waals surface area contributed by atoms with Gasteiger partial charge in [-0.05, 0) is 41.5 Å². The zero-order valence-electron chi connectivity index (χ0n) is 20.0. The number of ether oxygens (including phenoxy) is 4. The van der Waals surface area contributed by atoms with Gasteiger partial charge >= 0.3 is 0 Å². The summed E-state index contributed by atoms with van der Waals surface area (Å²) in [5.41, 5.74) is 2.52. The van der Waals surface area contributed by atoms with Gasteiger partial charge in [0.25, 0.3) is 5.91 Å². The fourth-order valence-corrected chi connectivity index (χ4v) is 4.55. The van der Waals surface area contributed by atoms with Crippen molar-refractivity contribution in [2.75, 3.05) is 33.3 Å². The number of carbonyl (C=O) groups is 1. The highest BCUT2D eigenvalue weighted by Gasteiger charge is 2.19. The van der Waals surface area contributed by atoms with Crippen LogP contribution in [0.3, 0.4) is 0 Å². The normalized spacial score (nSPS) is 11.0. The summed E-state index contributed by atoms with van der Waals surface area (Å²) in [6.07, 6.45) is 3.25. The van der Waals surface area contributed by atoms with Crippen LogP contribution < -0.4 is 23.8 Å². The third kappa shape index (κ3) is 5.38. The van der Waals surface area contributed by atoms with Crippen molar-refractivity contribution in [3.63, 3.8) is 0 Å². The molecule has 0 aliphatic carbocycles. The highest BCUT2D eigenvalue weighted by atomic mass is 32.1. The van der Waals surface area contributed by atoms with Gasteiger partial charge < -0.3 is 18.9 Å². The standard InChI is InChI=1S/C27H26N2O5S/c1-31-20-11-12-24-21(16-20)28-27(35-24)29(17-18-8-6-5-7-9-18)25(30)13-10-19-14-22(32-2)26(34-4)23(15-19)33-3/h5-16H,17H2,1-4H3/b13-10+. The highest BCUT2D eigenvalue weighted by molar-refractivity contribution is 7.22. The van der Waals surface area contributed by atoms with E-state index >= 15 is 0 Å². The fourth-order valence-electron chi connectivity index (χ4n) is 3.60. The van der Waals surface area contributed by atoms with E-state index in [1.165, 1.54) is 17.4 Å². The number of aromatic nitrogens is 1. The van der Waals surface area contributed by atoms with E-state index in [0.717, 1.165) is 27.1 Å². The van der Waals surface area contributed by atoms with Crippen LogP contribution in [0.15, 0.2) is 66.7 Å². The first kappa shape index (κ1) is 24.1. The van der Waals surface area contributed by atoms with E-state index in [9.17, 15) is 4.79 Å². The second kappa shape index (κ2) is 10.9. The van der Waals surface area contributed by atoms with E-state index in [2.05, 4.69) is 0 Å². The molecule has 0 saturated carbocycles. The first-order valence-corrected chi connectivity index (χ1v) is 11.7. The van der Waals surface area contributed by atoms with Gasteiger partial charge in [0.1, 0.15) is 5.75 Å². The predicted octanol–water partition coefficient (Wildman–Crippen LogP) is 5.58. The second-order valence-electron chi connectivity index (χ2n) is 7.53. The predicted molar refractivity (Wildman–Crippen MR) is 139 cm³/mol. The molecule has 0 radical (unpaired) electrons. The molecule has 4 aromatic rings. The number of hydrogen-bond acceptors (Lipinski definition) is 7. The lowest BCUT2D eigenvalue weighted by atomic mass is 10.1. The minimum absolute atomic E-state index is 0.200. The van der Waals surface area contributed by atoms with Crippen molar-refractivity contribution in [1.82, 2.24) is 4.98 Å². The Morgan fingerprint density at radius 2 is 1.63 bits per heavy atom. The summed E-state index contributed by atoms with van der Waals surface area (Å²) in [5, 5.41) is 0.608. The van der Waals surface area contributed by atoms with Crippen LogP contribution in [-0.2, 0) is 11.3 Å². The van der Waals surface area contributed by atoms with Crippen LogP contribution >= 0.6 is 11.3 Å². The molecule has 7 nitrogen and oxygen atoms in total. The molecular weight excluding hydrogens is 464 g/mol. The number of carbonyl (C=O) groups excluding carboxylic acids is 1. The van der Waals surface area contributed by atoms with Crippen LogP contribution in [0.25, 0.3) is 16.3 Å². The van der Waals surface area contributed by atoms with Crippen LogP contribution in [0.4, 0.5) is 5.13 Å². The Bertz CT molecular complexity index is 1330. The quantitative estimate of drug-likeness (QED) is 0.286. The molecule has 0 spiro atoms. The van der Waals surface area contributed by atoms with Crippen LogP contribution in [0.5, 0.6) is 23.0 Å². The van der Waals surface area contributed by atoms with Gasteiger partial charge in [0.05, 0.1) is 45.2 Å². The van der Waals surface area contributed by atoms with Crippen LogP contribution in [-0.4, -0.2) is 39.3 Å². The van der Waals surface area contributed by atoms with Gasteiger partial charge in [-0.15, -0.1) is 0 Å². The summed E-state index contributed by atoms with van der Waals surface area (Å²) in [5.74, 6) is 2.04. The lowest BCUT2D eigenvalue weighted by Gasteiger charge is -2.18. The average Bonchev–Trinajstić information content (AvgIpc) is 3.33. The Morgan fingerprint density at radius 3 is 2.26 bits per heavy atom. The molecule has 1 aromatic heterocycles. The van der Waals surface area contributed by atoms with Crippen molar-refractivity contribution < 1.29 is 23.7 Å². The molecule has 4 rings (SSSR count). The van der Waals surface area contributed by atoms with Gasteiger partial charge in [-0.2, -0.15) is 0 Å². The maximum atomic E-state index is 13.4. The maximum absolute atomic E-state index is 13.4. The lowest BCUT2D eigenvalue weighted by Crippen LogP contribution is -2.28. The smallest absolute Gasteiger partial charge is 0.253 e. The first-order chi connectivity index (χ1) is 17.1. The third-order valence-electron chi connectivity index (χ3n) is 5.37. The topological polar surface area (TPSA) is 70.1 Å². The molecule has 0 N–H and O–H groups in total. The third-order valence-corrected chi connectivity index (χ3v) is 6.43. The molecule has 0 fully saturated rings. The van der Waals surface area contributed by atoms with Gasteiger partial charge in [-0.25, -0.2) is 4.98 Å². The molecule has 0 atom stereocenters. The van der Waals surface area contributed by atoms with Gasteiger partial charge in [-0.1, -0.05) is 41.7 Å². The summed E-state index contributed by atoms with van der Waals surface area (Å²) >= 11 is 1.46. The molecule has 0 unspecified atom stereocenters. The molecule has 0 bridgehead atoms. The van der Waals surface area contributed by atoms with Crippen molar-refractivity contribution in [3.05, 3.63) is 77.9 Å². The molecule has 1 amide bonds. The Labute approximate surface area is 208 Å². The maximum Gasteiger partial charge on any atom is 0.253 e.